The van der Waals surface area contributed by atoms with Gasteiger partial charge in [0.2, 0.25) is 5.88 Å². The van der Waals surface area contributed by atoms with Crippen LogP contribution in [-0.4, -0.2) is 21.7 Å². The molecule has 94 valence electrons. The van der Waals surface area contributed by atoms with Crippen molar-refractivity contribution in [1.82, 2.24) is 9.97 Å². The van der Waals surface area contributed by atoms with Crippen molar-refractivity contribution in [3.63, 3.8) is 0 Å². The molecule has 1 saturated heterocycles. The van der Waals surface area contributed by atoms with Gasteiger partial charge in [-0.05, 0) is 32.6 Å². The number of nitrogens with zero attached hydrogens (tertiary/aromatic N) is 1. The van der Waals surface area contributed by atoms with Crippen LogP contribution in [-0.2, 0) is 16.8 Å². The standard InChI is InChI=1S/C12H18N2O3/c1-3-8-9(15)13-11(14-10(8)16)12(2)6-4-5-7-17-12/h3-7H2,1-2H3,(H2,13,14,15,16). The summed E-state index contributed by atoms with van der Waals surface area (Å²) in [6, 6.07) is 0. The molecule has 1 aromatic rings. The molecule has 1 aromatic heterocycles. The van der Waals surface area contributed by atoms with E-state index in [4.69, 9.17) is 4.74 Å². The third kappa shape index (κ3) is 2.20. The summed E-state index contributed by atoms with van der Waals surface area (Å²) in [5.74, 6) is 0.249. The Morgan fingerprint density at radius 2 is 2.29 bits per heavy atom. The number of nitrogens with one attached hydrogen (secondary N) is 1. The summed E-state index contributed by atoms with van der Waals surface area (Å²) in [6.45, 7) is 4.37. The van der Waals surface area contributed by atoms with Crippen LogP contribution in [0.2, 0.25) is 0 Å². The fraction of sp³-hybridized carbons (Fsp3) is 0.667. The molecule has 1 aliphatic rings. The smallest absolute Gasteiger partial charge is 0.258 e. The molecule has 0 spiro atoms. The number of hydrogen-bond donors (Lipinski definition) is 2. The molecule has 5 heteroatoms. The molecule has 0 amide bonds. The average molecular weight is 238 g/mol. The van der Waals surface area contributed by atoms with E-state index < -0.39 is 5.60 Å². The molecule has 0 bridgehead atoms. The van der Waals surface area contributed by atoms with Crippen molar-refractivity contribution in [1.29, 1.82) is 0 Å². The molecule has 1 unspecified atom stereocenters. The first kappa shape index (κ1) is 12.1. The molecule has 2 N–H and O–H groups in total. The Bertz CT molecular complexity index is 461. The van der Waals surface area contributed by atoms with Crippen LogP contribution >= 0.6 is 0 Å². The number of H-pyrrole nitrogens is 1. The summed E-state index contributed by atoms with van der Waals surface area (Å²) in [7, 11) is 0. The van der Waals surface area contributed by atoms with E-state index in [0.717, 1.165) is 19.3 Å². The lowest BCUT2D eigenvalue weighted by Crippen LogP contribution is -2.34. The molecule has 2 rings (SSSR count). The molecular formula is C12H18N2O3. The zero-order chi connectivity index (χ0) is 12.5. The molecule has 1 atom stereocenters. The van der Waals surface area contributed by atoms with Crippen LogP contribution in [0.15, 0.2) is 4.79 Å². The maximum absolute atomic E-state index is 11.8. The van der Waals surface area contributed by atoms with Crippen LogP contribution in [0, 0.1) is 0 Å². The Labute approximate surface area is 99.9 Å². The van der Waals surface area contributed by atoms with E-state index in [9.17, 15) is 9.90 Å². The van der Waals surface area contributed by atoms with Gasteiger partial charge in [-0.25, -0.2) is 0 Å². The van der Waals surface area contributed by atoms with Crippen LogP contribution < -0.4 is 5.56 Å². The minimum absolute atomic E-state index is 0.179. The second-order valence-corrected chi connectivity index (χ2v) is 4.61. The molecule has 1 aliphatic heterocycles. The van der Waals surface area contributed by atoms with E-state index in [1.807, 2.05) is 13.8 Å². The van der Waals surface area contributed by atoms with Gasteiger partial charge < -0.3 is 14.8 Å². The lowest BCUT2D eigenvalue weighted by molar-refractivity contribution is -0.0764. The maximum atomic E-state index is 11.8. The predicted molar refractivity (Wildman–Crippen MR) is 63.1 cm³/mol. The molecule has 0 aromatic carbocycles. The van der Waals surface area contributed by atoms with Crippen molar-refractivity contribution >= 4 is 0 Å². The van der Waals surface area contributed by atoms with Gasteiger partial charge in [0.1, 0.15) is 11.4 Å². The first-order valence-corrected chi connectivity index (χ1v) is 6.03. The van der Waals surface area contributed by atoms with Crippen LogP contribution in [0.3, 0.4) is 0 Å². The number of aromatic nitrogens is 2. The maximum Gasteiger partial charge on any atom is 0.258 e. The van der Waals surface area contributed by atoms with E-state index in [-0.39, 0.29) is 11.4 Å². The second kappa shape index (κ2) is 4.49. The number of ether oxygens (including phenoxy) is 1. The fourth-order valence-electron chi connectivity index (χ4n) is 2.18. The molecule has 0 saturated carbocycles. The Kier molecular flexibility index (Phi) is 3.19. The van der Waals surface area contributed by atoms with E-state index in [2.05, 4.69) is 9.97 Å². The Morgan fingerprint density at radius 3 is 2.82 bits per heavy atom. The Balaban J connectivity index is 2.42. The summed E-state index contributed by atoms with van der Waals surface area (Å²) in [5, 5.41) is 9.73. The summed E-state index contributed by atoms with van der Waals surface area (Å²) in [5.41, 5.74) is -0.528. The minimum atomic E-state index is -0.582. The zero-order valence-electron chi connectivity index (χ0n) is 10.2. The monoisotopic (exact) mass is 238 g/mol. The molecule has 1 fully saturated rings. The topological polar surface area (TPSA) is 75.2 Å². The molecule has 17 heavy (non-hydrogen) atoms. The highest BCUT2D eigenvalue weighted by molar-refractivity contribution is 5.23. The van der Waals surface area contributed by atoms with Crippen LogP contribution in [0.4, 0.5) is 0 Å². The quantitative estimate of drug-likeness (QED) is 0.817. The Hall–Kier alpha value is -1.36. The lowest BCUT2D eigenvalue weighted by Gasteiger charge is -2.32. The van der Waals surface area contributed by atoms with Gasteiger partial charge in [-0.1, -0.05) is 6.92 Å². The van der Waals surface area contributed by atoms with Crippen molar-refractivity contribution in [2.24, 2.45) is 0 Å². The molecular weight excluding hydrogens is 220 g/mol. The van der Waals surface area contributed by atoms with Crippen molar-refractivity contribution in [2.45, 2.75) is 45.1 Å². The largest absolute Gasteiger partial charge is 0.493 e. The summed E-state index contributed by atoms with van der Waals surface area (Å²) >= 11 is 0. The molecule has 2 heterocycles. The van der Waals surface area contributed by atoms with Crippen molar-refractivity contribution in [2.75, 3.05) is 6.61 Å². The number of aromatic hydroxyl groups is 1. The third-order valence-electron chi connectivity index (χ3n) is 3.32. The SMILES string of the molecule is CCc1c(O)nc(C2(C)CCCCO2)[nH]c1=O. The van der Waals surface area contributed by atoms with Gasteiger partial charge in [-0.2, -0.15) is 4.98 Å². The van der Waals surface area contributed by atoms with E-state index in [1.165, 1.54) is 0 Å². The van der Waals surface area contributed by atoms with Crippen molar-refractivity contribution < 1.29 is 9.84 Å². The van der Waals surface area contributed by atoms with Crippen LogP contribution in [0.25, 0.3) is 0 Å². The van der Waals surface area contributed by atoms with Crippen LogP contribution in [0.5, 0.6) is 5.88 Å². The lowest BCUT2D eigenvalue weighted by atomic mass is 9.95. The van der Waals surface area contributed by atoms with Gasteiger partial charge in [0.25, 0.3) is 5.56 Å². The van der Waals surface area contributed by atoms with Gasteiger partial charge in [-0.15, -0.1) is 0 Å². The number of rotatable bonds is 2. The van der Waals surface area contributed by atoms with Gasteiger partial charge in [-0.3, -0.25) is 4.79 Å². The van der Waals surface area contributed by atoms with Gasteiger partial charge in [0.05, 0.1) is 5.56 Å². The highest BCUT2D eigenvalue weighted by atomic mass is 16.5. The predicted octanol–water partition coefficient (Wildman–Crippen LogP) is 1.45. The molecule has 0 aliphatic carbocycles. The number of aromatic amines is 1. The zero-order valence-corrected chi connectivity index (χ0v) is 10.2. The van der Waals surface area contributed by atoms with Gasteiger partial charge in [0.15, 0.2) is 0 Å². The first-order valence-electron chi connectivity index (χ1n) is 6.03. The van der Waals surface area contributed by atoms with E-state index >= 15 is 0 Å². The fourth-order valence-corrected chi connectivity index (χ4v) is 2.18. The highest BCUT2D eigenvalue weighted by Crippen LogP contribution is 2.32. The van der Waals surface area contributed by atoms with Crippen molar-refractivity contribution in [3.8, 4) is 5.88 Å². The van der Waals surface area contributed by atoms with E-state index in [1.54, 1.807) is 0 Å². The first-order chi connectivity index (χ1) is 8.07. The van der Waals surface area contributed by atoms with Gasteiger partial charge >= 0.3 is 0 Å². The summed E-state index contributed by atoms with van der Waals surface area (Å²) in [6.07, 6.45) is 3.34. The molecule has 5 nitrogen and oxygen atoms in total. The summed E-state index contributed by atoms with van der Waals surface area (Å²) < 4.78 is 5.69. The van der Waals surface area contributed by atoms with Crippen LogP contribution in [0.1, 0.15) is 44.5 Å². The van der Waals surface area contributed by atoms with E-state index in [0.29, 0.717) is 24.4 Å². The van der Waals surface area contributed by atoms with Gasteiger partial charge in [0, 0.05) is 6.61 Å². The summed E-state index contributed by atoms with van der Waals surface area (Å²) in [4.78, 5) is 18.6. The normalized spacial score (nSPS) is 24.8. The average Bonchev–Trinajstić information content (AvgIpc) is 2.29. The highest BCUT2D eigenvalue weighted by Gasteiger charge is 2.33. The number of hydrogen-bond acceptors (Lipinski definition) is 4. The minimum Gasteiger partial charge on any atom is -0.493 e. The molecule has 0 radical (unpaired) electrons. The van der Waals surface area contributed by atoms with Crippen molar-refractivity contribution in [3.05, 3.63) is 21.7 Å². The third-order valence-corrected chi connectivity index (χ3v) is 3.32. The Morgan fingerprint density at radius 1 is 1.53 bits per heavy atom. The second-order valence-electron chi connectivity index (χ2n) is 4.61.